The molecule has 21 heavy (non-hydrogen) atoms. The van der Waals surface area contributed by atoms with E-state index >= 15 is 0 Å². The highest BCUT2D eigenvalue weighted by atomic mass is 32.1. The third kappa shape index (κ3) is 3.24. The van der Waals surface area contributed by atoms with Gasteiger partial charge in [0.1, 0.15) is 12.1 Å². The summed E-state index contributed by atoms with van der Waals surface area (Å²) in [5, 5.41) is 22.5. The van der Waals surface area contributed by atoms with Gasteiger partial charge in [0.15, 0.2) is 0 Å². The third-order valence-electron chi connectivity index (χ3n) is 3.74. The average molecular weight is 293 g/mol. The van der Waals surface area contributed by atoms with E-state index in [1.807, 2.05) is 12.1 Å². The molecular weight excluding hydrogens is 278 g/mol. The minimum Gasteiger partial charge on any atom is -0.367 e. The summed E-state index contributed by atoms with van der Waals surface area (Å²) in [4.78, 5) is 2.32. The van der Waals surface area contributed by atoms with E-state index in [0.717, 1.165) is 24.7 Å². The Labute approximate surface area is 128 Å². The normalized spacial score (nSPS) is 13.4. The van der Waals surface area contributed by atoms with Crippen LogP contribution in [0.25, 0.3) is 0 Å². The first-order valence-electron chi connectivity index (χ1n) is 7.00. The molecule has 1 aliphatic rings. The molecule has 4 heteroatoms. The van der Waals surface area contributed by atoms with Gasteiger partial charge in [-0.15, -0.1) is 0 Å². The second-order valence-corrected chi connectivity index (χ2v) is 6.19. The molecule has 0 amide bonds. The number of rotatable bonds is 5. The quantitative estimate of drug-likeness (QED) is 0.840. The van der Waals surface area contributed by atoms with Crippen LogP contribution in [0.3, 0.4) is 0 Å². The molecule has 0 aliphatic heterocycles. The second-order valence-electron chi connectivity index (χ2n) is 5.41. The van der Waals surface area contributed by atoms with Crippen molar-refractivity contribution in [1.82, 2.24) is 0 Å². The van der Waals surface area contributed by atoms with Crippen LogP contribution < -0.4 is 4.90 Å². The summed E-state index contributed by atoms with van der Waals surface area (Å²) >= 11 is 1.70. The van der Waals surface area contributed by atoms with Crippen LogP contribution >= 0.6 is 11.3 Å². The first kappa shape index (κ1) is 13.7. The van der Waals surface area contributed by atoms with Gasteiger partial charge < -0.3 is 4.90 Å². The molecule has 0 N–H and O–H groups in total. The molecule has 104 valence electrons. The maximum atomic E-state index is 9.19. The Kier molecular flexibility index (Phi) is 3.90. The van der Waals surface area contributed by atoms with E-state index < -0.39 is 0 Å². The molecule has 3 nitrogen and oxygen atoms in total. The van der Waals surface area contributed by atoms with Gasteiger partial charge in [0.2, 0.25) is 0 Å². The monoisotopic (exact) mass is 293 g/mol. The van der Waals surface area contributed by atoms with Gasteiger partial charge in [-0.25, -0.2) is 0 Å². The van der Waals surface area contributed by atoms with E-state index in [2.05, 4.69) is 33.9 Å². The molecule has 1 saturated carbocycles. The van der Waals surface area contributed by atoms with Crippen molar-refractivity contribution in [1.29, 1.82) is 10.5 Å². The van der Waals surface area contributed by atoms with Crippen LogP contribution in [0, 0.1) is 28.6 Å². The lowest BCUT2D eigenvalue weighted by Crippen LogP contribution is -2.25. The van der Waals surface area contributed by atoms with Crippen LogP contribution in [-0.2, 0) is 6.54 Å². The Balaban J connectivity index is 1.88. The van der Waals surface area contributed by atoms with E-state index in [0.29, 0.717) is 11.1 Å². The molecule has 1 heterocycles. The smallest absolute Gasteiger partial charge is 0.101 e. The molecule has 0 unspecified atom stereocenters. The van der Waals surface area contributed by atoms with Gasteiger partial charge in [0.25, 0.3) is 0 Å². The van der Waals surface area contributed by atoms with Gasteiger partial charge in [-0.2, -0.15) is 21.9 Å². The lowest BCUT2D eigenvalue weighted by atomic mass is 10.1. The van der Waals surface area contributed by atoms with Gasteiger partial charge in [-0.1, -0.05) is 0 Å². The van der Waals surface area contributed by atoms with Crippen molar-refractivity contribution in [3.05, 3.63) is 51.7 Å². The van der Waals surface area contributed by atoms with Crippen molar-refractivity contribution in [3.8, 4) is 12.1 Å². The van der Waals surface area contributed by atoms with E-state index in [-0.39, 0.29) is 0 Å². The van der Waals surface area contributed by atoms with Crippen LogP contribution in [0.2, 0.25) is 0 Å². The van der Waals surface area contributed by atoms with Crippen LogP contribution in [-0.4, -0.2) is 6.54 Å². The fourth-order valence-corrected chi connectivity index (χ4v) is 3.06. The van der Waals surface area contributed by atoms with Gasteiger partial charge in [0.05, 0.1) is 11.1 Å². The maximum Gasteiger partial charge on any atom is 0.101 e. The SMILES string of the molecule is N#Cc1ccc(N(Cc2ccsc2)CC2CC2)cc1C#N. The maximum absolute atomic E-state index is 9.19. The summed E-state index contributed by atoms with van der Waals surface area (Å²) in [6, 6.07) is 11.9. The fraction of sp³-hybridized carbons (Fsp3) is 0.294. The number of hydrogen-bond acceptors (Lipinski definition) is 4. The van der Waals surface area contributed by atoms with Crippen molar-refractivity contribution >= 4 is 17.0 Å². The van der Waals surface area contributed by atoms with Crippen molar-refractivity contribution in [2.24, 2.45) is 5.92 Å². The van der Waals surface area contributed by atoms with Crippen molar-refractivity contribution < 1.29 is 0 Å². The van der Waals surface area contributed by atoms with Gasteiger partial charge in [-0.3, -0.25) is 0 Å². The van der Waals surface area contributed by atoms with Gasteiger partial charge >= 0.3 is 0 Å². The molecule has 1 aromatic heterocycles. The molecular formula is C17H15N3S. The second kappa shape index (κ2) is 5.99. The highest BCUT2D eigenvalue weighted by Crippen LogP contribution is 2.32. The highest BCUT2D eigenvalue weighted by molar-refractivity contribution is 7.07. The fourth-order valence-electron chi connectivity index (χ4n) is 2.40. The number of anilines is 1. The van der Waals surface area contributed by atoms with E-state index in [4.69, 9.17) is 5.26 Å². The Hall–Kier alpha value is -2.30. The third-order valence-corrected chi connectivity index (χ3v) is 4.47. The van der Waals surface area contributed by atoms with Crippen LogP contribution in [0.15, 0.2) is 35.0 Å². The summed E-state index contributed by atoms with van der Waals surface area (Å²) in [5.41, 5.74) is 3.23. The highest BCUT2D eigenvalue weighted by Gasteiger charge is 2.25. The summed E-state index contributed by atoms with van der Waals surface area (Å²) in [7, 11) is 0. The van der Waals surface area contributed by atoms with Gasteiger partial charge in [0, 0.05) is 18.8 Å². The standard InChI is InChI=1S/C17H15N3S/c18-8-15-3-4-17(7-16(15)9-19)20(10-13-1-2-13)11-14-5-6-21-12-14/h3-7,12-13H,1-2,10-11H2. The zero-order chi connectivity index (χ0) is 14.7. The summed E-state index contributed by atoms with van der Waals surface area (Å²) in [6.07, 6.45) is 2.59. The van der Waals surface area contributed by atoms with Crippen molar-refractivity contribution in [2.75, 3.05) is 11.4 Å². The van der Waals surface area contributed by atoms with E-state index in [9.17, 15) is 5.26 Å². The summed E-state index contributed by atoms with van der Waals surface area (Å²) < 4.78 is 0. The molecule has 0 atom stereocenters. The summed E-state index contributed by atoms with van der Waals surface area (Å²) in [5.74, 6) is 0.768. The minimum absolute atomic E-state index is 0.447. The molecule has 0 spiro atoms. The number of nitriles is 2. The predicted molar refractivity (Wildman–Crippen MR) is 84.0 cm³/mol. The summed E-state index contributed by atoms with van der Waals surface area (Å²) in [6.45, 7) is 1.88. The molecule has 1 aliphatic carbocycles. The van der Waals surface area contributed by atoms with Crippen LogP contribution in [0.1, 0.15) is 29.5 Å². The Morgan fingerprint density at radius 3 is 2.57 bits per heavy atom. The van der Waals surface area contributed by atoms with Crippen LogP contribution in [0.4, 0.5) is 5.69 Å². The van der Waals surface area contributed by atoms with Crippen LogP contribution in [0.5, 0.6) is 0 Å². The minimum atomic E-state index is 0.447. The number of benzene rings is 1. The zero-order valence-electron chi connectivity index (χ0n) is 11.6. The largest absolute Gasteiger partial charge is 0.367 e. The topological polar surface area (TPSA) is 50.8 Å². The zero-order valence-corrected chi connectivity index (χ0v) is 12.4. The van der Waals surface area contributed by atoms with Gasteiger partial charge in [-0.05, 0) is 59.3 Å². The van der Waals surface area contributed by atoms with Crippen molar-refractivity contribution in [3.63, 3.8) is 0 Å². The lowest BCUT2D eigenvalue weighted by Gasteiger charge is -2.25. The Bertz CT molecular complexity index is 703. The molecule has 0 radical (unpaired) electrons. The molecule has 1 fully saturated rings. The Morgan fingerprint density at radius 1 is 1.14 bits per heavy atom. The number of thiophene rings is 1. The Morgan fingerprint density at radius 2 is 1.95 bits per heavy atom. The lowest BCUT2D eigenvalue weighted by molar-refractivity contribution is 0.723. The van der Waals surface area contributed by atoms with Crippen molar-refractivity contribution in [2.45, 2.75) is 19.4 Å². The number of hydrogen-bond donors (Lipinski definition) is 0. The van der Waals surface area contributed by atoms with E-state index in [1.165, 1.54) is 18.4 Å². The molecule has 0 bridgehead atoms. The molecule has 0 saturated heterocycles. The van der Waals surface area contributed by atoms with E-state index in [1.54, 1.807) is 17.4 Å². The average Bonchev–Trinajstić information content (AvgIpc) is 3.19. The molecule has 1 aromatic carbocycles. The first-order valence-corrected chi connectivity index (χ1v) is 7.94. The predicted octanol–water partition coefficient (Wildman–Crippen LogP) is 3.91. The number of nitrogens with zero attached hydrogens (tertiary/aromatic N) is 3. The molecule has 2 aromatic rings. The molecule has 3 rings (SSSR count). The first-order chi connectivity index (χ1) is 10.3.